The van der Waals surface area contributed by atoms with Crippen molar-refractivity contribution in [3.05, 3.63) is 59.1 Å². The van der Waals surface area contributed by atoms with Crippen LogP contribution in [0.3, 0.4) is 0 Å². The molecular weight excluding hydrogens is 331 g/mol. The Morgan fingerprint density at radius 3 is 2.17 bits per heavy atom. The van der Waals surface area contributed by atoms with Crippen molar-refractivity contribution in [1.82, 2.24) is 10.2 Å². The molecule has 1 heterocycles. The van der Waals surface area contributed by atoms with Gasteiger partial charge in [-0.25, -0.2) is 0 Å². The third-order valence-corrected chi connectivity index (χ3v) is 3.23. The van der Waals surface area contributed by atoms with Crippen LogP contribution in [0.25, 0.3) is 11.5 Å². The van der Waals surface area contributed by atoms with Gasteiger partial charge in [0.1, 0.15) is 0 Å². The summed E-state index contributed by atoms with van der Waals surface area (Å²) in [5, 5.41) is 11.0. The Hall–Kier alpha value is -2.54. The molecule has 0 bridgehead atoms. The van der Waals surface area contributed by atoms with Gasteiger partial charge in [-0.3, -0.25) is 0 Å². The third kappa shape index (κ3) is 3.62. The van der Waals surface area contributed by atoms with Crippen molar-refractivity contribution in [2.45, 2.75) is 6.18 Å². The number of hydrogen-bond acceptors (Lipinski definition) is 4. The zero-order valence-electron chi connectivity index (χ0n) is 11.4. The second-order valence-corrected chi connectivity index (χ2v) is 5.06. The first-order chi connectivity index (χ1) is 10.9. The molecule has 0 amide bonds. The Morgan fingerprint density at radius 2 is 1.57 bits per heavy atom. The predicted octanol–water partition coefficient (Wildman–Crippen LogP) is 5.15. The molecule has 0 unspecified atom stereocenters. The molecular formula is C15H9ClF3N3O. The van der Waals surface area contributed by atoms with Crippen LogP contribution in [-0.2, 0) is 6.18 Å². The van der Waals surface area contributed by atoms with Gasteiger partial charge < -0.3 is 9.73 Å². The van der Waals surface area contributed by atoms with Crippen LogP contribution >= 0.6 is 11.6 Å². The summed E-state index contributed by atoms with van der Waals surface area (Å²) in [6.07, 6.45) is -4.37. The van der Waals surface area contributed by atoms with Gasteiger partial charge in [-0.15, -0.1) is 5.10 Å². The Kier molecular flexibility index (Phi) is 3.96. The zero-order chi connectivity index (χ0) is 16.4. The van der Waals surface area contributed by atoms with Gasteiger partial charge in [-0.2, -0.15) is 13.2 Å². The van der Waals surface area contributed by atoms with Crippen LogP contribution in [-0.4, -0.2) is 10.2 Å². The van der Waals surface area contributed by atoms with E-state index in [1.54, 1.807) is 24.3 Å². The van der Waals surface area contributed by atoms with Crippen molar-refractivity contribution >= 4 is 23.3 Å². The number of nitrogens with zero attached hydrogens (tertiary/aromatic N) is 2. The molecule has 0 fully saturated rings. The molecule has 0 aliphatic rings. The van der Waals surface area contributed by atoms with Crippen molar-refractivity contribution in [2.75, 3.05) is 5.32 Å². The molecule has 0 atom stereocenters. The summed E-state index contributed by atoms with van der Waals surface area (Å²) >= 11 is 5.80. The lowest BCUT2D eigenvalue weighted by molar-refractivity contribution is -0.137. The maximum absolute atomic E-state index is 12.5. The lowest BCUT2D eigenvalue weighted by Gasteiger charge is -2.07. The van der Waals surface area contributed by atoms with E-state index in [2.05, 4.69) is 15.5 Å². The molecule has 0 saturated carbocycles. The molecule has 23 heavy (non-hydrogen) atoms. The molecule has 3 rings (SSSR count). The molecule has 0 aliphatic heterocycles. The number of rotatable bonds is 3. The van der Waals surface area contributed by atoms with Crippen LogP contribution in [0.5, 0.6) is 0 Å². The summed E-state index contributed by atoms with van der Waals surface area (Å²) in [5.74, 6) is 0.274. The van der Waals surface area contributed by atoms with E-state index in [-0.39, 0.29) is 11.9 Å². The van der Waals surface area contributed by atoms with Gasteiger partial charge in [0, 0.05) is 16.3 Å². The van der Waals surface area contributed by atoms with Crippen LogP contribution in [0.15, 0.2) is 52.9 Å². The molecule has 0 spiro atoms. The minimum absolute atomic E-state index is 0.0784. The summed E-state index contributed by atoms with van der Waals surface area (Å²) < 4.78 is 42.9. The second kappa shape index (κ2) is 5.92. The summed E-state index contributed by atoms with van der Waals surface area (Å²) in [4.78, 5) is 0. The van der Waals surface area contributed by atoms with E-state index in [4.69, 9.17) is 16.0 Å². The second-order valence-electron chi connectivity index (χ2n) is 4.62. The topological polar surface area (TPSA) is 51.0 Å². The monoisotopic (exact) mass is 339 g/mol. The fourth-order valence-corrected chi connectivity index (χ4v) is 1.97. The first-order valence-corrected chi connectivity index (χ1v) is 6.83. The highest BCUT2D eigenvalue weighted by atomic mass is 35.5. The SMILES string of the molecule is FC(F)(F)c1ccc(Nc2nnc(-c3ccc(Cl)cc3)o2)cc1. The highest BCUT2D eigenvalue weighted by Gasteiger charge is 2.29. The van der Waals surface area contributed by atoms with Gasteiger partial charge in [0.25, 0.3) is 0 Å². The maximum atomic E-state index is 12.5. The molecule has 3 aromatic rings. The summed E-state index contributed by atoms with van der Waals surface area (Å²) in [6.45, 7) is 0. The van der Waals surface area contributed by atoms with Crippen LogP contribution in [0.2, 0.25) is 5.02 Å². The lowest BCUT2D eigenvalue weighted by Crippen LogP contribution is -2.04. The van der Waals surface area contributed by atoms with Crippen LogP contribution in [0.1, 0.15) is 5.56 Å². The first kappa shape index (κ1) is 15.4. The average molecular weight is 340 g/mol. The molecule has 8 heteroatoms. The first-order valence-electron chi connectivity index (χ1n) is 6.45. The molecule has 1 N–H and O–H groups in total. The van der Waals surface area contributed by atoms with E-state index in [0.29, 0.717) is 16.3 Å². The molecule has 0 radical (unpaired) electrons. The standard InChI is InChI=1S/C15H9ClF3N3O/c16-11-5-1-9(2-6-11)13-21-22-14(23-13)20-12-7-3-10(4-8-12)15(17,18)19/h1-8H,(H,20,22). The van der Waals surface area contributed by atoms with Gasteiger partial charge >= 0.3 is 12.2 Å². The van der Waals surface area contributed by atoms with E-state index in [1.807, 2.05) is 0 Å². The van der Waals surface area contributed by atoms with Crippen molar-refractivity contribution < 1.29 is 17.6 Å². The number of hydrogen-bond donors (Lipinski definition) is 1. The van der Waals surface area contributed by atoms with Gasteiger partial charge in [0.15, 0.2) is 0 Å². The fraction of sp³-hybridized carbons (Fsp3) is 0.0667. The summed E-state index contributed by atoms with van der Waals surface area (Å²) in [6, 6.07) is 11.4. The van der Waals surface area contributed by atoms with Gasteiger partial charge in [0.2, 0.25) is 5.89 Å². The van der Waals surface area contributed by atoms with Crippen LogP contribution < -0.4 is 5.32 Å². The van der Waals surface area contributed by atoms with E-state index in [9.17, 15) is 13.2 Å². The molecule has 118 valence electrons. The molecule has 0 saturated heterocycles. The largest absolute Gasteiger partial charge is 0.416 e. The van der Waals surface area contributed by atoms with Gasteiger partial charge in [-0.05, 0) is 48.5 Å². The van der Waals surface area contributed by atoms with E-state index >= 15 is 0 Å². The van der Waals surface area contributed by atoms with Crippen molar-refractivity contribution in [3.63, 3.8) is 0 Å². The molecule has 0 aliphatic carbocycles. The van der Waals surface area contributed by atoms with E-state index < -0.39 is 11.7 Å². The fourth-order valence-electron chi connectivity index (χ4n) is 1.85. The smallest absolute Gasteiger partial charge is 0.403 e. The Bertz CT molecular complexity index is 798. The normalized spacial score (nSPS) is 11.5. The predicted molar refractivity (Wildman–Crippen MR) is 79.5 cm³/mol. The van der Waals surface area contributed by atoms with Crippen molar-refractivity contribution in [1.29, 1.82) is 0 Å². The van der Waals surface area contributed by atoms with Crippen LogP contribution in [0, 0.1) is 0 Å². The third-order valence-electron chi connectivity index (χ3n) is 2.98. The number of anilines is 2. The molecule has 2 aromatic carbocycles. The van der Waals surface area contributed by atoms with Crippen molar-refractivity contribution in [2.24, 2.45) is 0 Å². The number of benzene rings is 2. The van der Waals surface area contributed by atoms with Gasteiger partial charge in [0.05, 0.1) is 5.56 Å². The number of aromatic nitrogens is 2. The minimum atomic E-state index is -4.37. The average Bonchev–Trinajstić information content (AvgIpc) is 2.96. The van der Waals surface area contributed by atoms with E-state index in [1.165, 1.54) is 12.1 Å². The van der Waals surface area contributed by atoms with Crippen LogP contribution in [0.4, 0.5) is 24.9 Å². The minimum Gasteiger partial charge on any atom is -0.403 e. The highest BCUT2D eigenvalue weighted by Crippen LogP contribution is 2.30. The molecule has 4 nitrogen and oxygen atoms in total. The quantitative estimate of drug-likeness (QED) is 0.716. The highest BCUT2D eigenvalue weighted by molar-refractivity contribution is 6.30. The van der Waals surface area contributed by atoms with Crippen molar-refractivity contribution in [3.8, 4) is 11.5 Å². The number of halogens is 4. The van der Waals surface area contributed by atoms with Gasteiger partial charge in [-0.1, -0.05) is 16.7 Å². The summed E-state index contributed by atoms with van der Waals surface area (Å²) in [5.41, 5.74) is 0.363. The maximum Gasteiger partial charge on any atom is 0.416 e. The van der Waals surface area contributed by atoms with E-state index in [0.717, 1.165) is 12.1 Å². The Balaban J connectivity index is 1.75. The lowest BCUT2D eigenvalue weighted by atomic mass is 10.2. The zero-order valence-corrected chi connectivity index (χ0v) is 12.2. The Morgan fingerprint density at radius 1 is 0.913 bits per heavy atom. The molecule has 1 aromatic heterocycles. The number of alkyl halides is 3. The number of nitrogens with one attached hydrogen (secondary N) is 1. The Labute approximate surface area is 133 Å². The summed E-state index contributed by atoms with van der Waals surface area (Å²) in [7, 11) is 0.